The molecule has 0 bridgehead atoms. The Morgan fingerprint density at radius 3 is 2.53 bits per heavy atom. The number of rotatable bonds is 5. The van der Waals surface area contributed by atoms with E-state index >= 15 is 0 Å². The summed E-state index contributed by atoms with van der Waals surface area (Å²) >= 11 is 6.37. The van der Waals surface area contributed by atoms with Gasteiger partial charge in [0.1, 0.15) is 0 Å². The van der Waals surface area contributed by atoms with E-state index in [2.05, 4.69) is 20.7 Å². The Labute approximate surface area is 120 Å². The van der Waals surface area contributed by atoms with Crippen LogP contribution in [0.4, 0.5) is 0 Å². The van der Waals surface area contributed by atoms with Crippen molar-refractivity contribution in [2.75, 3.05) is 12.8 Å². The molecule has 0 amide bonds. The molecule has 0 aliphatic heterocycles. The lowest BCUT2D eigenvalue weighted by Gasteiger charge is -2.22. The highest BCUT2D eigenvalue weighted by atomic mass is 79.9. The molecule has 0 saturated carbocycles. The zero-order valence-electron chi connectivity index (χ0n) is 10.2. The van der Waals surface area contributed by atoms with Gasteiger partial charge in [0.25, 0.3) is 0 Å². The third-order valence-corrected chi connectivity index (χ3v) is 6.83. The van der Waals surface area contributed by atoms with Crippen molar-refractivity contribution in [3.05, 3.63) is 14.7 Å². The average molecular weight is 358 g/mol. The zero-order valence-corrected chi connectivity index (χ0v) is 14.2. The van der Waals surface area contributed by atoms with Crippen LogP contribution in [-0.4, -0.2) is 26.0 Å². The van der Waals surface area contributed by atoms with Gasteiger partial charge in [0.05, 0.1) is 8.68 Å². The molecular formula is C10H16BrNO2S3. The standard InChI is InChI=1S/C10H16BrNO2S3/c1-7-8(5-9(11)16-7)17(13,14)12-6-10(2,3)15-4/h5,12H,6H2,1-4H3. The van der Waals surface area contributed by atoms with Crippen molar-refractivity contribution in [2.45, 2.75) is 30.4 Å². The van der Waals surface area contributed by atoms with Gasteiger partial charge in [-0.2, -0.15) is 11.8 Å². The minimum Gasteiger partial charge on any atom is -0.210 e. The van der Waals surface area contributed by atoms with Crippen molar-refractivity contribution < 1.29 is 8.42 Å². The lowest BCUT2D eigenvalue weighted by molar-refractivity contribution is 0.570. The van der Waals surface area contributed by atoms with Crippen LogP contribution in [0.25, 0.3) is 0 Å². The first kappa shape index (κ1) is 15.5. The van der Waals surface area contributed by atoms with Gasteiger partial charge in [-0.25, -0.2) is 13.1 Å². The molecule has 0 fully saturated rings. The Kier molecular flexibility index (Phi) is 5.11. The first-order valence-electron chi connectivity index (χ1n) is 4.99. The van der Waals surface area contributed by atoms with Crippen molar-refractivity contribution >= 4 is 49.1 Å². The predicted octanol–water partition coefficient (Wildman–Crippen LogP) is 3.24. The summed E-state index contributed by atoms with van der Waals surface area (Å²) in [4.78, 5) is 1.16. The topological polar surface area (TPSA) is 46.2 Å². The van der Waals surface area contributed by atoms with Crippen LogP contribution >= 0.6 is 39.0 Å². The second-order valence-corrected chi connectivity index (χ2v) is 10.1. The monoisotopic (exact) mass is 357 g/mol. The van der Waals surface area contributed by atoms with Gasteiger partial charge in [0.2, 0.25) is 10.0 Å². The van der Waals surface area contributed by atoms with Gasteiger partial charge in [-0.15, -0.1) is 11.3 Å². The van der Waals surface area contributed by atoms with Gasteiger partial charge in [-0.3, -0.25) is 0 Å². The number of aryl methyl sites for hydroxylation is 1. The molecule has 0 aliphatic rings. The van der Waals surface area contributed by atoms with Crippen LogP contribution in [0.2, 0.25) is 0 Å². The Hall–Kier alpha value is 0.440. The van der Waals surface area contributed by atoms with Crippen molar-refractivity contribution in [3.8, 4) is 0 Å². The fraction of sp³-hybridized carbons (Fsp3) is 0.600. The summed E-state index contributed by atoms with van der Waals surface area (Å²) in [7, 11) is -3.40. The normalized spacial score (nSPS) is 13.0. The zero-order chi connectivity index (χ0) is 13.3. The van der Waals surface area contributed by atoms with Gasteiger partial charge in [0, 0.05) is 16.2 Å². The summed E-state index contributed by atoms with van der Waals surface area (Å²) in [5, 5.41) is 0. The molecule has 1 rings (SSSR count). The molecule has 17 heavy (non-hydrogen) atoms. The molecule has 98 valence electrons. The van der Waals surface area contributed by atoms with Crippen LogP contribution in [0.1, 0.15) is 18.7 Å². The van der Waals surface area contributed by atoms with Crippen LogP contribution in [0.3, 0.4) is 0 Å². The van der Waals surface area contributed by atoms with Crippen LogP contribution in [-0.2, 0) is 10.0 Å². The van der Waals surface area contributed by atoms with Crippen LogP contribution in [0.5, 0.6) is 0 Å². The van der Waals surface area contributed by atoms with E-state index in [4.69, 9.17) is 0 Å². The molecule has 0 radical (unpaired) electrons. The number of halogens is 1. The molecule has 1 aromatic heterocycles. The number of thiophene rings is 1. The molecule has 0 aromatic carbocycles. The smallest absolute Gasteiger partial charge is 0.210 e. The van der Waals surface area contributed by atoms with Crippen molar-refractivity contribution in [1.29, 1.82) is 0 Å². The first-order valence-corrected chi connectivity index (χ1v) is 9.30. The summed E-state index contributed by atoms with van der Waals surface area (Å²) in [5.74, 6) is 0. The van der Waals surface area contributed by atoms with Crippen LogP contribution < -0.4 is 4.72 Å². The van der Waals surface area contributed by atoms with Gasteiger partial charge in [0.15, 0.2) is 0 Å². The maximum absolute atomic E-state index is 12.1. The lowest BCUT2D eigenvalue weighted by atomic mass is 10.2. The number of hydrogen-bond donors (Lipinski definition) is 1. The third-order valence-electron chi connectivity index (χ3n) is 2.37. The fourth-order valence-corrected chi connectivity index (χ4v) is 5.05. The number of sulfonamides is 1. The quantitative estimate of drug-likeness (QED) is 0.879. The van der Waals surface area contributed by atoms with Gasteiger partial charge >= 0.3 is 0 Å². The number of thioether (sulfide) groups is 1. The molecule has 0 aliphatic carbocycles. The Morgan fingerprint density at radius 2 is 2.12 bits per heavy atom. The number of hydrogen-bond acceptors (Lipinski definition) is 4. The minimum absolute atomic E-state index is 0.103. The van der Waals surface area contributed by atoms with Gasteiger partial charge in [-0.05, 0) is 49.0 Å². The fourth-order valence-electron chi connectivity index (χ4n) is 1.12. The predicted molar refractivity (Wildman–Crippen MR) is 79.5 cm³/mol. The SMILES string of the molecule is CSC(C)(C)CNS(=O)(=O)c1cc(Br)sc1C. The summed E-state index contributed by atoms with van der Waals surface area (Å²) in [6.07, 6.45) is 1.97. The van der Waals surface area contributed by atoms with E-state index in [1.54, 1.807) is 17.8 Å². The summed E-state index contributed by atoms with van der Waals surface area (Å²) in [6, 6.07) is 1.65. The van der Waals surface area contributed by atoms with Crippen LogP contribution in [0.15, 0.2) is 14.7 Å². The van der Waals surface area contributed by atoms with E-state index in [0.717, 1.165) is 8.66 Å². The summed E-state index contributed by atoms with van der Waals surface area (Å²) in [5.41, 5.74) is 0. The highest BCUT2D eigenvalue weighted by Gasteiger charge is 2.23. The van der Waals surface area contributed by atoms with E-state index < -0.39 is 10.0 Å². The van der Waals surface area contributed by atoms with Crippen molar-refractivity contribution in [1.82, 2.24) is 4.72 Å². The minimum atomic E-state index is -3.40. The highest BCUT2D eigenvalue weighted by Crippen LogP contribution is 2.30. The van der Waals surface area contributed by atoms with E-state index in [9.17, 15) is 8.42 Å². The maximum Gasteiger partial charge on any atom is 0.241 e. The second-order valence-electron chi connectivity index (χ2n) is 4.26. The molecule has 1 heterocycles. The molecule has 3 nitrogen and oxygen atoms in total. The maximum atomic E-state index is 12.1. The summed E-state index contributed by atoms with van der Waals surface area (Å²) < 4.78 is 27.6. The molecule has 0 unspecified atom stereocenters. The number of nitrogens with one attached hydrogen (secondary N) is 1. The Balaban J connectivity index is 2.87. The molecule has 7 heteroatoms. The highest BCUT2D eigenvalue weighted by molar-refractivity contribution is 9.11. The van der Waals surface area contributed by atoms with E-state index in [1.807, 2.05) is 27.0 Å². The Morgan fingerprint density at radius 1 is 1.53 bits per heavy atom. The largest absolute Gasteiger partial charge is 0.241 e. The Bertz CT molecular complexity index is 494. The van der Waals surface area contributed by atoms with E-state index in [0.29, 0.717) is 11.4 Å². The van der Waals surface area contributed by atoms with Gasteiger partial charge in [-0.1, -0.05) is 0 Å². The molecule has 0 saturated heterocycles. The first-order chi connectivity index (χ1) is 7.68. The molecule has 1 N–H and O–H groups in total. The van der Waals surface area contributed by atoms with Crippen LogP contribution in [0, 0.1) is 6.92 Å². The second kappa shape index (κ2) is 5.61. The average Bonchev–Trinajstić information content (AvgIpc) is 2.56. The van der Waals surface area contributed by atoms with E-state index in [-0.39, 0.29) is 4.75 Å². The summed E-state index contributed by atoms with van der Waals surface area (Å²) in [6.45, 7) is 6.25. The van der Waals surface area contributed by atoms with Crippen molar-refractivity contribution in [3.63, 3.8) is 0 Å². The third kappa shape index (κ3) is 4.24. The van der Waals surface area contributed by atoms with E-state index in [1.165, 1.54) is 11.3 Å². The molecule has 1 aromatic rings. The van der Waals surface area contributed by atoms with Gasteiger partial charge < -0.3 is 0 Å². The molecule has 0 atom stereocenters. The lowest BCUT2D eigenvalue weighted by Crippen LogP contribution is -2.36. The molecule has 0 spiro atoms. The van der Waals surface area contributed by atoms with Crippen molar-refractivity contribution in [2.24, 2.45) is 0 Å². The molecular weight excluding hydrogens is 342 g/mol.